The molecule has 1 fully saturated rings. The third-order valence-electron chi connectivity index (χ3n) is 3.48. The molecule has 0 bridgehead atoms. The topological polar surface area (TPSA) is 58.6 Å². The lowest BCUT2D eigenvalue weighted by Gasteiger charge is -2.35. The number of morpholine rings is 1. The van der Waals surface area contributed by atoms with Crippen molar-refractivity contribution >= 4 is 33.4 Å². The van der Waals surface area contributed by atoms with Gasteiger partial charge < -0.3 is 4.74 Å². The van der Waals surface area contributed by atoms with Crippen molar-refractivity contribution < 1.29 is 13.2 Å². The summed E-state index contributed by atoms with van der Waals surface area (Å²) in [5, 5.41) is 0.950. The summed E-state index contributed by atoms with van der Waals surface area (Å²) in [5.41, 5.74) is 0.684. The Morgan fingerprint density at radius 1 is 1.27 bits per heavy atom. The molecule has 8 heteroatoms. The van der Waals surface area contributed by atoms with Crippen molar-refractivity contribution in [1.29, 1.82) is 0 Å². The summed E-state index contributed by atoms with van der Waals surface area (Å²) in [6, 6.07) is 4.56. The van der Waals surface area contributed by atoms with Crippen LogP contribution in [0, 0.1) is 0 Å². The molecule has 1 N–H and O–H groups in total. The van der Waals surface area contributed by atoms with Crippen molar-refractivity contribution in [3.8, 4) is 0 Å². The zero-order valence-electron chi connectivity index (χ0n) is 12.7. The summed E-state index contributed by atoms with van der Waals surface area (Å²) in [5.74, 6) is 0. The summed E-state index contributed by atoms with van der Waals surface area (Å²) in [7, 11) is -3.61. The van der Waals surface area contributed by atoms with Crippen LogP contribution in [0.5, 0.6) is 0 Å². The Kier molecular flexibility index (Phi) is 5.74. The lowest BCUT2D eigenvalue weighted by atomic mass is 10.1. The fourth-order valence-electron chi connectivity index (χ4n) is 2.54. The molecule has 1 aromatic carbocycles. The maximum atomic E-state index is 12.5. The van der Waals surface area contributed by atoms with Crippen molar-refractivity contribution in [1.82, 2.24) is 9.03 Å². The van der Waals surface area contributed by atoms with Gasteiger partial charge in [-0.05, 0) is 38.5 Å². The lowest BCUT2D eigenvalue weighted by molar-refractivity contribution is -0.0444. The van der Waals surface area contributed by atoms with E-state index in [1.54, 1.807) is 25.1 Å². The normalized spacial score (nSPS) is 25.1. The van der Waals surface area contributed by atoms with Crippen LogP contribution in [0.25, 0.3) is 0 Å². The molecule has 124 valence electrons. The zero-order valence-corrected chi connectivity index (χ0v) is 15.0. The molecule has 0 aromatic heterocycles. The van der Waals surface area contributed by atoms with E-state index >= 15 is 0 Å². The molecule has 1 aromatic rings. The number of ether oxygens (including phenoxy) is 1. The van der Waals surface area contributed by atoms with E-state index in [9.17, 15) is 8.42 Å². The molecular formula is C14H20Cl2N2O3S. The zero-order chi connectivity index (χ0) is 16.5. The van der Waals surface area contributed by atoms with Gasteiger partial charge in [0.05, 0.1) is 12.2 Å². The van der Waals surface area contributed by atoms with E-state index in [1.165, 1.54) is 4.31 Å². The number of benzene rings is 1. The highest BCUT2D eigenvalue weighted by Gasteiger charge is 2.32. The Morgan fingerprint density at radius 3 is 2.41 bits per heavy atom. The fraction of sp³-hybridized carbons (Fsp3) is 0.571. The standard InChI is InChI=1S/C14H20Cl2N2O3S/c1-9-7-18(8-10(2)21-9)22(19,20)17-11(3)13-5-4-12(15)6-14(13)16/h4-6,9-11,17H,7-8H2,1-3H3. The van der Waals surface area contributed by atoms with Crippen molar-refractivity contribution in [3.63, 3.8) is 0 Å². The van der Waals surface area contributed by atoms with Crippen molar-refractivity contribution in [2.75, 3.05) is 13.1 Å². The Bertz CT molecular complexity index is 629. The minimum absolute atomic E-state index is 0.130. The lowest BCUT2D eigenvalue weighted by Crippen LogP contribution is -2.52. The van der Waals surface area contributed by atoms with Crippen LogP contribution in [-0.2, 0) is 14.9 Å². The average molecular weight is 367 g/mol. The first-order valence-corrected chi connectivity index (χ1v) is 9.26. The second-order valence-electron chi connectivity index (χ2n) is 5.58. The minimum atomic E-state index is -3.61. The first kappa shape index (κ1) is 18.0. The second-order valence-corrected chi connectivity index (χ2v) is 8.13. The molecule has 3 unspecified atom stereocenters. The van der Waals surface area contributed by atoms with Crippen LogP contribution < -0.4 is 4.72 Å². The van der Waals surface area contributed by atoms with Gasteiger partial charge in [-0.15, -0.1) is 0 Å². The van der Waals surface area contributed by atoms with Crippen LogP contribution in [-0.4, -0.2) is 38.0 Å². The third-order valence-corrected chi connectivity index (χ3v) is 5.67. The quantitative estimate of drug-likeness (QED) is 0.890. The van der Waals surface area contributed by atoms with Gasteiger partial charge in [-0.1, -0.05) is 29.3 Å². The Balaban J connectivity index is 2.14. The Labute approximate surface area is 141 Å². The van der Waals surface area contributed by atoms with Crippen LogP contribution in [0.2, 0.25) is 10.0 Å². The first-order chi connectivity index (χ1) is 10.2. The molecule has 2 rings (SSSR count). The van der Waals surface area contributed by atoms with Crippen molar-refractivity contribution in [2.45, 2.75) is 39.0 Å². The van der Waals surface area contributed by atoms with Gasteiger partial charge in [0.2, 0.25) is 0 Å². The molecule has 22 heavy (non-hydrogen) atoms. The predicted molar refractivity (Wildman–Crippen MR) is 88.5 cm³/mol. The molecule has 0 saturated carbocycles. The number of halogens is 2. The molecule has 5 nitrogen and oxygen atoms in total. The van der Waals surface area contributed by atoms with Crippen molar-refractivity contribution in [2.24, 2.45) is 0 Å². The van der Waals surface area contributed by atoms with Gasteiger partial charge in [-0.3, -0.25) is 0 Å². The van der Waals surface area contributed by atoms with Gasteiger partial charge in [0.25, 0.3) is 10.2 Å². The molecule has 1 saturated heterocycles. The second kappa shape index (κ2) is 7.03. The van der Waals surface area contributed by atoms with E-state index in [2.05, 4.69) is 4.72 Å². The van der Waals surface area contributed by atoms with Crippen LogP contribution >= 0.6 is 23.2 Å². The largest absolute Gasteiger partial charge is 0.373 e. The van der Waals surface area contributed by atoms with Gasteiger partial charge >= 0.3 is 0 Å². The average Bonchev–Trinajstić information content (AvgIpc) is 2.36. The van der Waals surface area contributed by atoms with Crippen LogP contribution in [0.4, 0.5) is 0 Å². The molecular weight excluding hydrogens is 347 g/mol. The highest BCUT2D eigenvalue weighted by atomic mass is 35.5. The number of nitrogens with one attached hydrogen (secondary N) is 1. The Hall–Kier alpha value is -0.370. The van der Waals surface area contributed by atoms with Gasteiger partial charge in [-0.25, -0.2) is 0 Å². The summed E-state index contributed by atoms with van der Waals surface area (Å²) in [6.45, 7) is 6.14. The number of nitrogens with zero attached hydrogens (tertiary/aromatic N) is 1. The van der Waals surface area contributed by atoms with E-state index in [1.807, 2.05) is 13.8 Å². The molecule has 3 atom stereocenters. The molecule has 1 aliphatic rings. The monoisotopic (exact) mass is 366 g/mol. The van der Waals surface area contributed by atoms with Gasteiger partial charge in [0.15, 0.2) is 0 Å². The third kappa shape index (κ3) is 4.34. The summed E-state index contributed by atoms with van der Waals surface area (Å²) < 4.78 is 34.7. The van der Waals surface area contributed by atoms with Gasteiger partial charge in [0, 0.05) is 29.2 Å². The van der Waals surface area contributed by atoms with E-state index in [0.717, 1.165) is 0 Å². The van der Waals surface area contributed by atoms with Gasteiger partial charge in [-0.2, -0.15) is 17.4 Å². The summed E-state index contributed by atoms with van der Waals surface area (Å²) >= 11 is 12.0. The maximum absolute atomic E-state index is 12.5. The molecule has 0 radical (unpaired) electrons. The highest BCUT2D eigenvalue weighted by molar-refractivity contribution is 7.87. The summed E-state index contributed by atoms with van der Waals surface area (Å²) in [6.07, 6.45) is -0.260. The van der Waals surface area contributed by atoms with Crippen molar-refractivity contribution in [3.05, 3.63) is 33.8 Å². The maximum Gasteiger partial charge on any atom is 0.280 e. The van der Waals surface area contributed by atoms with E-state index in [0.29, 0.717) is 28.7 Å². The van der Waals surface area contributed by atoms with E-state index in [-0.39, 0.29) is 12.2 Å². The molecule has 0 spiro atoms. The molecule has 0 amide bonds. The van der Waals surface area contributed by atoms with E-state index < -0.39 is 16.3 Å². The SMILES string of the molecule is CC1CN(S(=O)(=O)NC(C)c2ccc(Cl)cc2Cl)CC(C)O1. The number of rotatable bonds is 4. The molecule has 1 heterocycles. The molecule has 0 aliphatic carbocycles. The number of hydrogen-bond donors (Lipinski definition) is 1. The predicted octanol–water partition coefficient (Wildman–Crippen LogP) is 3.00. The van der Waals surface area contributed by atoms with E-state index in [4.69, 9.17) is 27.9 Å². The fourth-order valence-corrected chi connectivity index (χ4v) is 4.65. The van der Waals surface area contributed by atoms with Crippen LogP contribution in [0.15, 0.2) is 18.2 Å². The highest BCUT2D eigenvalue weighted by Crippen LogP contribution is 2.27. The van der Waals surface area contributed by atoms with Gasteiger partial charge in [0.1, 0.15) is 0 Å². The number of hydrogen-bond acceptors (Lipinski definition) is 3. The first-order valence-electron chi connectivity index (χ1n) is 7.07. The van der Waals surface area contributed by atoms with Crippen LogP contribution in [0.1, 0.15) is 32.4 Å². The Morgan fingerprint density at radius 2 is 1.86 bits per heavy atom. The molecule has 1 aliphatic heterocycles. The smallest absolute Gasteiger partial charge is 0.280 e. The minimum Gasteiger partial charge on any atom is -0.373 e. The summed E-state index contributed by atoms with van der Waals surface area (Å²) in [4.78, 5) is 0. The van der Waals surface area contributed by atoms with Crippen LogP contribution in [0.3, 0.4) is 0 Å².